The molecular weight excluding hydrogens is 159 g/mol. The monoisotopic (exact) mass is 174 g/mol. The summed E-state index contributed by atoms with van der Waals surface area (Å²) in [5.41, 5.74) is 5.46. The first-order chi connectivity index (χ1) is 5.20. The van der Waals surface area contributed by atoms with E-state index in [9.17, 15) is 0 Å². The zero-order chi connectivity index (χ0) is 7.90. The summed E-state index contributed by atoms with van der Waals surface area (Å²) < 4.78 is 5.54. The maximum absolute atomic E-state index is 7.25. The lowest BCUT2D eigenvalue weighted by molar-refractivity contribution is 0.0979. The molecule has 2 fully saturated rings. The highest BCUT2D eigenvalue weighted by atomic mass is 31.1. The zero-order valence-electron chi connectivity index (χ0n) is 6.60. The lowest BCUT2D eigenvalue weighted by Gasteiger charge is -2.26. The average molecular weight is 174 g/mol. The van der Waals surface area contributed by atoms with Gasteiger partial charge in [0, 0.05) is 0 Å². The molecule has 0 aromatic heterocycles. The van der Waals surface area contributed by atoms with Gasteiger partial charge >= 0.3 is 0 Å². The molecule has 0 aliphatic heterocycles. The van der Waals surface area contributed by atoms with Crippen LogP contribution in [0.2, 0.25) is 0 Å². The molecule has 0 aromatic rings. The molecule has 0 heterocycles. The molecule has 0 radical (unpaired) electrons. The van der Waals surface area contributed by atoms with Crippen LogP contribution in [0.4, 0.5) is 0 Å². The van der Waals surface area contributed by atoms with Crippen LogP contribution in [0.15, 0.2) is 0 Å². The SMILES string of the molecule is N=[PH](N)OC12CCC(CC1)C2. The lowest BCUT2D eigenvalue weighted by atomic mass is 9.98. The molecule has 2 aliphatic carbocycles. The minimum absolute atomic E-state index is 0.0649. The molecular formula is C7H15N2OP. The van der Waals surface area contributed by atoms with Crippen molar-refractivity contribution in [3.8, 4) is 0 Å². The first kappa shape index (κ1) is 7.78. The molecule has 0 spiro atoms. The maximum atomic E-state index is 7.25. The van der Waals surface area contributed by atoms with Crippen molar-refractivity contribution in [1.29, 1.82) is 5.16 Å². The van der Waals surface area contributed by atoms with Crippen molar-refractivity contribution in [2.75, 3.05) is 0 Å². The second kappa shape index (κ2) is 2.58. The van der Waals surface area contributed by atoms with Gasteiger partial charge in [0.25, 0.3) is 0 Å². The molecule has 2 aliphatic rings. The second-order valence-electron chi connectivity index (χ2n) is 3.80. The van der Waals surface area contributed by atoms with E-state index >= 15 is 0 Å². The van der Waals surface area contributed by atoms with Gasteiger partial charge in [-0.05, 0) is 38.0 Å². The smallest absolute Gasteiger partial charge is 0.133 e. The number of hydrogen-bond acceptors (Lipinski definition) is 2. The highest BCUT2D eigenvalue weighted by Crippen LogP contribution is 2.52. The van der Waals surface area contributed by atoms with Crippen LogP contribution in [-0.2, 0) is 4.52 Å². The van der Waals surface area contributed by atoms with Crippen LogP contribution < -0.4 is 5.50 Å². The molecule has 3 N–H and O–H groups in total. The molecule has 1 unspecified atom stereocenters. The van der Waals surface area contributed by atoms with Gasteiger partial charge in [-0.1, -0.05) is 0 Å². The van der Waals surface area contributed by atoms with E-state index in [0.717, 1.165) is 18.8 Å². The Labute approximate surface area is 67.7 Å². The number of hydrogen-bond donors (Lipinski definition) is 2. The summed E-state index contributed by atoms with van der Waals surface area (Å²) in [5.74, 6) is 0.886. The highest BCUT2D eigenvalue weighted by Gasteiger charge is 2.46. The molecule has 3 nitrogen and oxygen atoms in total. The molecule has 64 valence electrons. The summed E-state index contributed by atoms with van der Waals surface area (Å²) in [7, 11) is -1.71. The second-order valence-corrected chi connectivity index (χ2v) is 4.73. The average Bonchev–Trinajstić information content (AvgIpc) is 2.43. The van der Waals surface area contributed by atoms with Gasteiger partial charge in [-0.2, -0.15) is 0 Å². The molecule has 4 heteroatoms. The third-order valence-corrected chi connectivity index (χ3v) is 3.66. The third-order valence-electron chi connectivity index (χ3n) is 3.00. The maximum Gasteiger partial charge on any atom is 0.133 e. The molecule has 2 bridgehead atoms. The minimum atomic E-state index is -1.71. The normalized spacial score (nSPS) is 44.6. The number of nitrogens with two attached hydrogens (primary N) is 1. The Bertz CT molecular complexity index is 187. The van der Waals surface area contributed by atoms with Gasteiger partial charge in [-0.25, -0.2) is 0 Å². The minimum Gasteiger partial charge on any atom is -0.328 e. The fourth-order valence-electron chi connectivity index (χ4n) is 2.52. The number of rotatable bonds is 2. The Hall–Kier alpha value is 0.150. The Kier molecular flexibility index (Phi) is 1.82. The first-order valence-corrected chi connectivity index (χ1v) is 5.72. The van der Waals surface area contributed by atoms with Gasteiger partial charge in [-0.15, -0.1) is 0 Å². The van der Waals surface area contributed by atoms with E-state index < -0.39 is 8.09 Å². The van der Waals surface area contributed by atoms with Gasteiger partial charge < -0.3 is 4.52 Å². The van der Waals surface area contributed by atoms with Crippen molar-refractivity contribution in [3.63, 3.8) is 0 Å². The van der Waals surface area contributed by atoms with Crippen molar-refractivity contribution >= 4 is 8.09 Å². The van der Waals surface area contributed by atoms with E-state index in [1.165, 1.54) is 19.3 Å². The highest BCUT2D eigenvalue weighted by molar-refractivity contribution is 7.37. The van der Waals surface area contributed by atoms with Crippen molar-refractivity contribution in [2.45, 2.75) is 37.7 Å². The van der Waals surface area contributed by atoms with Crippen LogP contribution in [0.5, 0.6) is 0 Å². The van der Waals surface area contributed by atoms with Gasteiger partial charge in [0.05, 0.1) is 5.60 Å². The first-order valence-electron chi connectivity index (χ1n) is 4.23. The summed E-state index contributed by atoms with van der Waals surface area (Å²) in [5, 5.41) is 7.25. The number of fused-ring (bicyclic) bond motifs is 2. The molecule has 11 heavy (non-hydrogen) atoms. The summed E-state index contributed by atoms with van der Waals surface area (Å²) in [6, 6.07) is 0. The fraction of sp³-hybridized carbons (Fsp3) is 1.00. The summed E-state index contributed by atoms with van der Waals surface area (Å²) in [4.78, 5) is 0. The Balaban J connectivity index is 2.05. The van der Waals surface area contributed by atoms with Crippen LogP contribution in [0.1, 0.15) is 32.1 Å². The zero-order valence-corrected chi connectivity index (χ0v) is 7.60. The summed E-state index contributed by atoms with van der Waals surface area (Å²) in [6.45, 7) is 0. The quantitative estimate of drug-likeness (QED) is 0.630. The van der Waals surface area contributed by atoms with Gasteiger partial charge in [0.15, 0.2) is 0 Å². The van der Waals surface area contributed by atoms with Crippen molar-refractivity contribution in [3.05, 3.63) is 0 Å². The Morgan fingerprint density at radius 3 is 2.45 bits per heavy atom. The van der Waals surface area contributed by atoms with Crippen molar-refractivity contribution in [1.82, 2.24) is 0 Å². The van der Waals surface area contributed by atoms with Crippen LogP contribution in [0, 0.1) is 11.1 Å². The van der Waals surface area contributed by atoms with Crippen LogP contribution in [0.25, 0.3) is 0 Å². The van der Waals surface area contributed by atoms with Crippen molar-refractivity contribution in [2.24, 2.45) is 11.4 Å². The largest absolute Gasteiger partial charge is 0.328 e. The van der Waals surface area contributed by atoms with E-state index in [1.54, 1.807) is 0 Å². The predicted octanol–water partition coefficient (Wildman–Crippen LogP) is 2.10. The standard InChI is InChI=1S/C7H15N2OP/c8-11(9)10-7-3-1-6(5-7)2-4-7/h6,11H,1-5H2,(H3,8,9). The molecule has 0 amide bonds. The van der Waals surface area contributed by atoms with Crippen molar-refractivity contribution < 1.29 is 4.52 Å². The molecule has 2 saturated carbocycles. The third kappa shape index (κ3) is 1.37. The van der Waals surface area contributed by atoms with E-state index in [2.05, 4.69) is 0 Å². The van der Waals surface area contributed by atoms with Crippen LogP contribution in [0.3, 0.4) is 0 Å². The van der Waals surface area contributed by atoms with E-state index in [0.29, 0.717) is 0 Å². The number of nitrogens with one attached hydrogen (secondary N) is 1. The molecule has 1 atom stereocenters. The molecule has 2 rings (SSSR count). The van der Waals surface area contributed by atoms with Gasteiger partial charge in [0.1, 0.15) is 8.09 Å². The topological polar surface area (TPSA) is 59.1 Å². The molecule has 0 saturated heterocycles. The fourth-order valence-corrected chi connectivity index (χ4v) is 3.27. The predicted molar refractivity (Wildman–Crippen MR) is 45.6 cm³/mol. The van der Waals surface area contributed by atoms with E-state index in [-0.39, 0.29) is 5.60 Å². The summed E-state index contributed by atoms with van der Waals surface area (Å²) >= 11 is 0. The lowest BCUT2D eigenvalue weighted by Crippen LogP contribution is -2.24. The summed E-state index contributed by atoms with van der Waals surface area (Å²) in [6.07, 6.45) is 6.09. The Morgan fingerprint density at radius 2 is 2.09 bits per heavy atom. The van der Waals surface area contributed by atoms with Crippen LogP contribution in [-0.4, -0.2) is 5.60 Å². The Morgan fingerprint density at radius 1 is 1.45 bits per heavy atom. The van der Waals surface area contributed by atoms with Gasteiger partial charge in [-0.3, -0.25) is 10.7 Å². The molecule has 0 aromatic carbocycles. The van der Waals surface area contributed by atoms with Gasteiger partial charge in [0.2, 0.25) is 0 Å². The van der Waals surface area contributed by atoms with E-state index in [4.69, 9.17) is 15.2 Å². The van der Waals surface area contributed by atoms with E-state index in [1.807, 2.05) is 0 Å². The van der Waals surface area contributed by atoms with Crippen LogP contribution >= 0.6 is 8.09 Å².